The smallest absolute Gasteiger partial charge is 0.330 e. The Kier molecular flexibility index (Phi) is 7.12. The minimum Gasteiger partial charge on any atom is -0.467 e. The number of esters is 1. The van der Waals surface area contributed by atoms with Gasteiger partial charge in [0.15, 0.2) is 6.04 Å². The standard InChI is InChI=1S/C27H23FN2O6/c1-29-26(33)23-20-13-17(8-11-22(20)36-24(23)15-6-9-19(28)10-7-15)16-4-3-5-18(12-16)25(32)30-21(14-31)27(34)35-2/h3-13,21,31H,14H2,1-2H3,(H,29,33)(H,30,32)/t21-/m1/s1. The van der Waals surface area contributed by atoms with E-state index in [4.69, 9.17) is 4.42 Å². The molecule has 0 aliphatic carbocycles. The second-order valence-electron chi connectivity index (χ2n) is 7.92. The van der Waals surface area contributed by atoms with E-state index in [-0.39, 0.29) is 11.5 Å². The van der Waals surface area contributed by atoms with Crippen molar-refractivity contribution in [1.82, 2.24) is 10.6 Å². The number of hydrogen-bond donors (Lipinski definition) is 3. The monoisotopic (exact) mass is 490 g/mol. The Morgan fingerprint density at radius 1 is 0.972 bits per heavy atom. The minimum atomic E-state index is -1.19. The molecule has 1 heterocycles. The summed E-state index contributed by atoms with van der Waals surface area (Å²) in [5.41, 5.74) is 2.97. The molecule has 0 unspecified atom stereocenters. The van der Waals surface area contributed by atoms with Crippen LogP contribution in [0.3, 0.4) is 0 Å². The highest BCUT2D eigenvalue weighted by atomic mass is 19.1. The van der Waals surface area contributed by atoms with Crippen molar-refractivity contribution >= 4 is 28.8 Å². The molecule has 0 fully saturated rings. The molecule has 0 radical (unpaired) electrons. The van der Waals surface area contributed by atoms with Gasteiger partial charge < -0.3 is 24.9 Å². The highest BCUT2D eigenvalue weighted by Gasteiger charge is 2.23. The molecule has 0 aliphatic heterocycles. The first-order chi connectivity index (χ1) is 17.4. The Hall–Kier alpha value is -4.50. The fourth-order valence-corrected chi connectivity index (χ4v) is 3.84. The number of benzene rings is 3. The molecular weight excluding hydrogens is 467 g/mol. The maximum atomic E-state index is 13.4. The number of methoxy groups -OCH3 is 1. The number of aliphatic hydroxyl groups excluding tert-OH is 1. The predicted octanol–water partition coefficient (Wildman–Crippen LogP) is 3.53. The molecule has 184 valence electrons. The molecule has 3 aromatic carbocycles. The second-order valence-corrected chi connectivity index (χ2v) is 7.92. The van der Waals surface area contributed by atoms with Gasteiger partial charge >= 0.3 is 5.97 Å². The van der Waals surface area contributed by atoms with Gasteiger partial charge in [-0.25, -0.2) is 9.18 Å². The number of fused-ring (bicyclic) bond motifs is 1. The zero-order chi connectivity index (χ0) is 25.8. The summed E-state index contributed by atoms with van der Waals surface area (Å²) in [7, 11) is 2.67. The molecule has 0 saturated carbocycles. The van der Waals surface area contributed by atoms with Gasteiger partial charge in [-0.3, -0.25) is 9.59 Å². The number of halogens is 1. The molecule has 36 heavy (non-hydrogen) atoms. The summed E-state index contributed by atoms with van der Waals surface area (Å²) in [4.78, 5) is 37.2. The van der Waals surface area contributed by atoms with Crippen molar-refractivity contribution in [2.24, 2.45) is 0 Å². The highest BCUT2D eigenvalue weighted by Crippen LogP contribution is 2.36. The van der Waals surface area contributed by atoms with Crippen molar-refractivity contribution in [2.75, 3.05) is 20.8 Å². The van der Waals surface area contributed by atoms with Crippen LogP contribution in [-0.4, -0.2) is 49.7 Å². The van der Waals surface area contributed by atoms with E-state index in [1.54, 1.807) is 42.5 Å². The van der Waals surface area contributed by atoms with Gasteiger partial charge in [0.05, 0.1) is 19.3 Å². The van der Waals surface area contributed by atoms with Crippen LogP contribution in [0.25, 0.3) is 33.4 Å². The van der Waals surface area contributed by atoms with Crippen molar-refractivity contribution in [3.8, 4) is 22.5 Å². The molecule has 0 aliphatic rings. The first-order valence-electron chi connectivity index (χ1n) is 11.0. The third-order valence-electron chi connectivity index (χ3n) is 5.68. The van der Waals surface area contributed by atoms with E-state index < -0.39 is 30.3 Å². The zero-order valence-corrected chi connectivity index (χ0v) is 19.5. The number of furan rings is 1. The van der Waals surface area contributed by atoms with Gasteiger partial charge in [-0.2, -0.15) is 0 Å². The lowest BCUT2D eigenvalue weighted by Gasteiger charge is -2.14. The molecule has 9 heteroatoms. The number of rotatable bonds is 7. The minimum absolute atomic E-state index is 0.265. The molecule has 3 N–H and O–H groups in total. The molecule has 1 atom stereocenters. The van der Waals surface area contributed by atoms with E-state index in [2.05, 4.69) is 15.4 Å². The Labute approximate surface area is 205 Å². The van der Waals surface area contributed by atoms with Gasteiger partial charge in [0, 0.05) is 23.6 Å². The summed E-state index contributed by atoms with van der Waals surface area (Å²) in [6, 6.07) is 16.4. The summed E-state index contributed by atoms with van der Waals surface area (Å²) >= 11 is 0. The van der Waals surface area contributed by atoms with Crippen LogP contribution in [0.4, 0.5) is 4.39 Å². The van der Waals surface area contributed by atoms with Gasteiger partial charge in [0.1, 0.15) is 17.2 Å². The van der Waals surface area contributed by atoms with E-state index in [1.807, 2.05) is 0 Å². The van der Waals surface area contributed by atoms with Crippen LogP contribution in [-0.2, 0) is 9.53 Å². The molecule has 0 saturated heterocycles. The lowest BCUT2D eigenvalue weighted by molar-refractivity contribution is -0.143. The van der Waals surface area contributed by atoms with Crippen molar-refractivity contribution in [3.63, 3.8) is 0 Å². The van der Waals surface area contributed by atoms with Gasteiger partial charge in [0.2, 0.25) is 0 Å². The maximum absolute atomic E-state index is 13.4. The fourth-order valence-electron chi connectivity index (χ4n) is 3.84. The summed E-state index contributed by atoms with van der Waals surface area (Å²) in [6.45, 7) is -0.603. The van der Waals surface area contributed by atoms with Crippen LogP contribution < -0.4 is 10.6 Å². The number of carbonyl (C=O) groups excluding carboxylic acids is 3. The molecular formula is C27H23FN2O6. The molecule has 2 amide bonds. The van der Waals surface area contributed by atoms with Crippen LogP contribution in [0.1, 0.15) is 20.7 Å². The number of carbonyl (C=O) groups is 3. The van der Waals surface area contributed by atoms with Crippen molar-refractivity contribution in [1.29, 1.82) is 0 Å². The summed E-state index contributed by atoms with van der Waals surface area (Å²) < 4.78 is 24.0. The summed E-state index contributed by atoms with van der Waals surface area (Å²) in [6.07, 6.45) is 0. The molecule has 0 spiro atoms. The third-order valence-corrected chi connectivity index (χ3v) is 5.68. The van der Waals surface area contributed by atoms with Crippen molar-refractivity contribution in [2.45, 2.75) is 6.04 Å². The van der Waals surface area contributed by atoms with E-state index >= 15 is 0 Å². The highest BCUT2D eigenvalue weighted by molar-refractivity contribution is 6.12. The van der Waals surface area contributed by atoms with Gasteiger partial charge in [-0.05, 0) is 59.7 Å². The first-order valence-corrected chi connectivity index (χ1v) is 11.0. The Morgan fingerprint density at radius 2 is 1.67 bits per heavy atom. The van der Waals surface area contributed by atoms with E-state index in [0.717, 1.165) is 0 Å². The van der Waals surface area contributed by atoms with Crippen LogP contribution in [0, 0.1) is 5.82 Å². The lowest BCUT2D eigenvalue weighted by atomic mass is 9.99. The topological polar surface area (TPSA) is 118 Å². The maximum Gasteiger partial charge on any atom is 0.330 e. The van der Waals surface area contributed by atoms with Crippen molar-refractivity contribution < 1.29 is 33.0 Å². The van der Waals surface area contributed by atoms with E-state index in [9.17, 15) is 23.9 Å². The third kappa shape index (κ3) is 4.82. The molecule has 0 bridgehead atoms. The quantitative estimate of drug-likeness (QED) is 0.341. The number of ether oxygens (including phenoxy) is 1. The Balaban J connectivity index is 1.74. The fraction of sp³-hybridized carbons (Fsp3) is 0.148. The largest absolute Gasteiger partial charge is 0.467 e. The number of aliphatic hydroxyl groups is 1. The predicted molar refractivity (Wildman–Crippen MR) is 131 cm³/mol. The van der Waals surface area contributed by atoms with E-state index in [1.165, 1.54) is 38.4 Å². The molecule has 4 rings (SSSR count). The van der Waals surface area contributed by atoms with Crippen LogP contribution in [0.2, 0.25) is 0 Å². The van der Waals surface area contributed by atoms with Crippen molar-refractivity contribution in [3.05, 3.63) is 83.7 Å². The zero-order valence-electron chi connectivity index (χ0n) is 19.5. The number of hydrogen-bond acceptors (Lipinski definition) is 6. The van der Waals surface area contributed by atoms with E-state index in [0.29, 0.717) is 39.0 Å². The average Bonchev–Trinajstić information content (AvgIpc) is 3.30. The van der Waals surface area contributed by atoms with Gasteiger partial charge in [-0.15, -0.1) is 0 Å². The lowest BCUT2D eigenvalue weighted by Crippen LogP contribution is -2.44. The second kappa shape index (κ2) is 10.4. The van der Waals surface area contributed by atoms with Crippen LogP contribution in [0.15, 0.2) is 71.1 Å². The van der Waals surface area contributed by atoms with Crippen LogP contribution >= 0.6 is 0 Å². The normalized spacial score (nSPS) is 11.7. The molecule has 4 aromatic rings. The Morgan fingerprint density at radius 3 is 2.33 bits per heavy atom. The van der Waals surface area contributed by atoms with Gasteiger partial charge in [0.25, 0.3) is 11.8 Å². The summed E-state index contributed by atoms with van der Waals surface area (Å²) in [5.74, 6) is -1.77. The first kappa shape index (κ1) is 24.6. The summed E-state index contributed by atoms with van der Waals surface area (Å²) in [5, 5.41) is 15.0. The average molecular weight is 490 g/mol. The number of amides is 2. The number of nitrogens with one attached hydrogen (secondary N) is 2. The molecule has 8 nitrogen and oxygen atoms in total. The SMILES string of the molecule is CNC(=O)c1c(-c2ccc(F)cc2)oc2ccc(-c3cccc(C(=O)N[C@H](CO)C(=O)OC)c3)cc12. The van der Waals surface area contributed by atoms with Crippen LogP contribution in [0.5, 0.6) is 0 Å². The molecule has 1 aromatic heterocycles. The van der Waals surface area contributed by atoms with Gasteiger partial charge in [-0.1, -0.05) is 18.2 Å². The Bertz CT molecular complexity index is 1440.